The Morgan fingerprint density at radius 2 is 2.26 bits per heavy atom. The zero-order valence-electron chi connectivity index (χ0n) is 10.4. The number of carbonyl (C=O) groups is 1. The minimum Gasteiger partial charge on any atom is -0.338 e. The van der Waals surface area contributed by atoms with Crippen molar-refractivity contribution in [2.24, 2.45) is 11.8 Å². The van der Waals surface area contributed by atoms with Gasteiger partial charge in [-0.25, -0.2) is 0 Å². The Balaban J connectivity index is 1.71. The Morgan fingerprint density at radius 3 is 3.00 bits per heavy atom. The lowest BCUT2D eigenvalue weighted by atomic mass is 9.88. The zero-order chi connectivity index (χ0) is 13.4. The summed E-state index contributed by atoms with van der Waals surface area (Å²) < 4.78 is 0. The number of fused-ring (bicyclic) bond motifs is 1. The van der Waals surface area contributed by atoms with Gasteiger partial charge in [0.05, 0.1) is 10.5 Å². The maximum atomic E-state index is 12.3. The minimum absolute atomic E-state index is 0.0285. The third-order valence-corrected chi connectivity index (χ3v) is 4.88. The fourth-order valence-corrected chi connectivity index (χ4v) is 3.63. The first-order valence-electron chi connectivity index (χ1n) is 6.38. The normalized spacial score (nSPS) is 26.2. The molecule has 102 valence electrons. The van der Waals surface area contributed by atoms with Crippen LogP contribution in [0, 0.1) is 22.0 Å². The van der Waals surface area contributed by atoms with E-state index in [1.165, 1.54) is 6.07 Å². The Morgan fingerprint density at radius 1 is 1.47 bits per heavy atom. The van der Waals surface area contributed by atoms with Crippen molar-refractivity contribution in [2.75, 3.05) is 26.2 Å². The highest BCUT2D eigenvalue weighted by atomic mass is 32.1. The fourth-order valence-electron chi connectivity index (χ4n) is 2.93. The molecular weight excluding hydrogens is 266 g/mol. The molecule has 3 rings (SSSR count). The second-order valence-corrected chi connectivity index (χ2v) is 6.04. The van der Waals surface area contributed by atoms with Gasteiger partial charge in [0.15, 0.2) is 0 Å². The summed E-state index contributed by atoms with van der Waals surface area (Å²) in [7, 11) is 0. The van der Waals surface area contributed by atoms with Crippen LogP contribution < -0.4 is 5.32 Å². The number of likely N-dealkylation sites (tertiary alicyclic amines) is 1. The van der Waals surface area contributed by atoms with E-state index >= 15 is 0 Å². The van der Waals surface area contributed by atoms with Crippen LogP contribution in [-0.4, -0.2) is 41.9 Å². The molecule has 0 spiro atoms. The van der Waals surface area contributed by atoms with E-state index in [-0.39, 0.29) is 10.9 Å². The molecule has 2 atom stereocenters. The second-order valence-electron chi connectivity index (χ2n) is 5.15. The summed E-state index contributed by atoms with van der Waals surface area (Å²) in [5, 5.41) is 15.6. The number of rotatable bonds is 2. The van der Waals surface area contributed by atoms with Gasteiger partial charge in [0, 0.05) is 24.5 Å². The summed E-state index contributed by atoms with van der Waals surface area (Å²) in [5.41, 5.74) is 0.445. The third kappa shape index (κ3) is 2.35. The van der Waals surface area contributed by atoms with Crippen molar-refractivity contribution in [3.8, 4) is 0 Å². The number of carbonyl (C=O) groups excluding carboxylic acids is 1. The number of piperidine rings is 1. The summed E-state index contributed by atoms with van der Waals surface area (Å²) in [5.74, 6) is 1.14. The Bertz CT molecular complexity index is 516. The van der Waals surface area contributed by atoms with Crippen LogP contribution in [0.15, 0.2) is 11.4 Å². The molecule has 7 heteroatoms. The van der Waals surface area contributed by atoms with Crippen molar-refractivity contribution >= 4 is 22.2 Å². The highest BCUT2D eigenvalue weighted by Crippen LogP contribution is 2.29. The fraction of sp³-hybridized carbons (Fsp3) is 0.583. The van der Waals surface area contributed by atoms with Crippen LogP contribution in [0.4, 0.5) is 5.00 Å². The molecule has 0 saturated carbocycles. The largest absolute Gasteiger partial charge is 0.338 e. The molecule has 1 aromatic rings. The number of nitrogens with one attached hydrogen (secondary N) is 1. The van der Waals surface area contributed by atoms with E-state index in [0.29, 0.717) is 17.4 Å². The van der Waals surface area contributed by atoms with Crippen molar-refractivity contribution in [3.05, 3.63) is 27.1 Å². The van der Waals surface area contributed by atoms with Crippen molar-refractivity contribution in [1.29, 1.82) is 0 Å². The number of hydrogen-bond acceptors (Lipinski definition) is 5. The van der Waals surface area contributed by atoms with Crippen LogP contribution >= 0.6 is 11.3 Å². The highest BCUT2D eigenvalue weighted by Gasteiger charge is 2.35. The average Bonchev–Trinajstić information content (AvgIpc) is 3.06. The summed E-state index contributed by atoms with van der Waals surface area (Å²) in [6.07, 6.45) is 1.02. The molecule has 1 aromatic heterocycles. The average molecular weight is 281 g/mol. The molecule has 0 aliphatic carbocycles. The molecule has 0 bridgehead atoms. The smallest absolute Gasteiger partial charge is 0.324 e. The number of hydrogen-bond donors (Lipinski definition) is 1. The van der Waals surface area contributed by atoms with Gasteiger partial charge in [-0.3, -0.25) is 14.9 Å². The van der Waals surface area contributed by atoms with E-state index in [1.807, 2.05) is 4.90 Å². The van der Waals surface area contributed by atoms with Gasteiger partial charge in [-0.15, -0.1) is 0 Å². The van der Waals surface area contributed by atoms with Crippen molar-refractivity contribution in [3.63, 3.8) is 0 Å². The SMILES string of the molecule is O=C(c1csc([N+](=O)[O-])c1)N1CCC2CNCC2C1. The minimum atomic E-state index is -0.450. The second kappa shape index (κ2) is 4.90. The molecule has 2 unspecified atom stereocenters. The van der Waals surface area contributed by atoms with Crippen molar-refractivity contribution in [2.45, 2.75) is 6.42 Å². The van der Waals surface area contributed by atoms with E-state index in [2.05, 4.69) is 5.32 Å². The first kappa shape index (κ1) is 12.6. The Labute approximate surface area is 114 Å². The molecule has 6 nitrogen and oxygen atoms in total. The molecule has 2 aliphatic heterocycles. The van der Waals surface area contributed by atoms with Gasteiger partial charge >= 0.3 is 5.00 Å². The lowest BCUT2D eigenvalue weighted by Crippen LogP contribution is -2.43. The highest BCUT2D eigenvalue weighted by molar-refractivity contribution is 7.13. The van der Waals surface area contributed by atoms with E-state index in [4.69, 9.17) is 0 Å². The van der Waals surface area contributed by atoms with Gasteiger partial charge in [0.1, 0.15) is 0 Å². The predicted molar refractivity (Wildman–Crippen MR) is 71.3 cm³/mol. The van der Waals surface area contributed by atoms with Crippen LogP contribution in [0.25, 0.3) is 0 Å². The van der Waals surface area contributed by atoms with Gasteiger partial charge in [-0.2, -0.15) is 0 Å². The Hall–Kier alpha value is -1.47. The van der Waals surface area contributed by atoms with Crippen molar-refractivity contribution < 1.29 is 9.72 Å². The quantitative estimate of drug-likeness (QED) is 0.655. The monoisotopic (exact) mass is 281 g/mol. The van der Waals surface area contributed by atoms with Crippen LogP contribution in [0.5, 0.6) is 0 Å². The van der Waals surface area contributed by atoms with Gasteiger partial charge < -0.3 is 10.2 Å². The van der Waals surface area contributed by atoms with Crippen LogP contribution in [0.3, 0.4) is 0 Å². The first-order valence-corrected chi connectivity index (χ1v) is 7.26. The predicted octanol–water partition coefficient (Wildman–Crippen LogP) is 1.34. The molecular formula is C12H15N3O3S. The molecule has 0 aromatic carbocycles. The zero-order valence-corrected chi connectivity index (χ0v) is 11.2. The maximum absolute atomic E-state index is 12.3. The van der Waals surface area contributed by atoms with E-state index in [1.54, 1.807) is 5.38 Å². The number of amides is 1. The van der Waals surface area contributed by atoms with Crippen LogP contribution in [0.1, 0.15) is 16.8 Å². The molecule has 2 saturated heterocycles. The van der Waals surface area contributed by atoms with Crippen LogP contribution in [0.2, 0.25) is 0 Å². The lowest BCUT2D eigenvalue weighted by Gasteiger charge is -2.34. The molecule has 1 N–H and O–H groups in total. The standard InChI is InChI=1S/C12H15N3O3S/c16-12(9-3-11(15(17)18)19-7-9)14-2-1-8-4-13-5-10(8)6-14/h3,7-8,10,13H,1-2,4-6H2. The molecule has 19 heavy (non-hydrogen) atoms. The van der Waals surface area contributed by atoms with E-state index < -0.39 is 4.92 Å². The van der Waals surface area contributed by atoms with Gasteiger partial charge in [-0.05, 0) is 31.3 Å². The molecule has 2 aliphatic rings. The Kier molecular flexibility index (Phi) is 3.24. The van der Waals surface area contributed by atoms with Gasteiger partial charge in [0.2, 0.25) is 0 Å². The molecule has 3 heterocycles. The maximum Gasteiger partial charge on any atom is 0.324 e. The summed E-state index contributed by atoms with van der Waals surface area (Å²) in [6.45, 7) is 3.54. The van der Waals surface area contributed by atoms with Crippen molar-refractivity contribution in [1.82, 2.24) is 10.2 Å². The summed E-state index contributed by atoms with van der Waals surface area (Å²) in [6, 6.07) is 1.38. The number of nitrogens with zero attached hydrogens (tertiary/aromatic N) is 2. The van der Waals surface area contributed by atoms with E-state index in [9.17, 15) is 14.9 Å². The summed E-state index contributed by atoms with van der Waals surface area (Å²) in [4.78, 5) is 24.3. The first-order chi connectivity index (χ1) is 9.15. The number of thiophene rings is 1. The molecule has 2 fully saturated rings. The topological polar surface area (TPSA) is 75.5 Å². The van der Waals surface area contributed by atoms with Gasteiger partial charge in [-0.1, -0.05) is 11.3 Å². The van der Waals surface area contributed by atoms with Crippen LogP contribution in [-0.2, 0) is 0 Å². The van der Waals surface area contributed by atoms with Gasteiger partial charge in [0.25, 0.3) is 5.91 Å². The van der Waals surface area contributed by atoms with E-state index in [0.717, 1.165) is 43.9 Å². The number of nitro groups is 1. The third-order valence-electron chi connectivity index (χ3n) is 4.00. The molecule has 1 amide bonds. The summed E-state index contributed by atoms with van der Waals surface area (Å²) >= 11 is 1.01. The lowest BCUT2D eigenvalue weighted by molar-refractivity contribution is -0.380. The molecule has 0 radical (unpaired) electrons.